The molecule has 0 aromatic heterocycles. The third-order valence-corrected chi connectivity index (χ3v) is 1.94. The highest BCUT2D eigenvalue weighted by Gasteiger charge is 2.24. The van der Waals surface area contributed by atoms with Gasteiger partial charge < -0.3 is 14.2 Å². The molecule has 3 unspecified atom stereocenters. The predicted molar refractivity (Wildman–Crippen MR) is 48.4 cm³/mol. The van der Waals surface area contributed by atoms with Gasteiger partial charge in [-0.1, -0.05) is 6.92 Å². The number of methoxy groups -OCH3 is 3. The van der Waals surface area contributed by atoms with E-state index in [9.17, 15) is 0 Å². The SMILES string of the molecule is [B]C(OC)C(OC)C(CC)OC. The third-order valence-electron chi connectivity index (χ3n) is 1.94. The molecule has 3 atom stereocenters. The van der Waals surface area contributed by atoms with Crippen LogP contribution in [0.5, 0.6) is 0 Å². The molecule has 0 aromatic rings. The fraction of sp³-hybridized carbons (Fsp3) is 1.00. The van der Waals surface area contributed by atoms with E-state index in [1.807, 2.05) is 6.92 Å². The fourth-order valence-corrected chi connectivity index (χ4v) is 1.16. The van der Waals surface area contributed by atoms with E-state index in [-0.39, 0.29) is 12.2 Å². The molecule has 0 rings (SSSR count). The van der Waals surface area contributed by atoms with Gasteiger partial charge in [0.1, 0.15) is 14.0 Å². The number of ether oxygens (including phenoxy) is 3. The van der Waals surface area contributed by atoms with E-state index in [0.717, 1.165) is 6.42 Å². The molecule has 4 heteroatoms. The molecule has 0 N–H and O–H groups in total. The maximum absolute atomic E-state index is 5.65. The largest absolute Gasteiger partial charge is 0.389 e. The molecule has 0 saturated heterocycles. The summed E-state index contributed by atoms with van der Waals surface area (Å²) in [4.78, 5) is 0. The maximum Gasteiger partial charge on any atom is 0.112 e. The number of hydrogen-bond donors (Lipinski definition) is 0. The van der Waals surface area contributed by atoms with Crippen molar-refractivity contribution in [3.8, 4) is 0 Å². The van der Waals surface area contributed by atoms with E-state index in [0.29, 0.717) is 0 Å². The van der Waals surface area contributed by atoms with Gasteiger partial charge in [-0.25, -0.2) is 0 Å². The Bertz CT molecular complexity index is 106. The molecule has 0 aliphatic carbocycles. The third kappa shape index (κ3) is 3.13. The van der Waals surface area contributed by atoms with Crippen molar-refractivity contribution in [2.24, 2.45) is 0 Å². The molecule has 0 saturated carbocycles. The lowest BCUT2D eigenvalue weighted by molar-refractivity contribution is -0.0823. The lowest BCUT2D eigenvalue weighted by Crippen LogP contribution is -2.41. The Morgan fingerprint density at radius 1 is 1.08 bits per heavy atom. The molecular weight excluding hydrogens is 155 g/mol. The number of rotatable bonds is 6. The summed E-state index contributed by atoms with van der Waals surface area (Å²) in [6.45, 7) is 2.02. The highest BCUT2D eigenvalue weighted by atomic mass is 16.6. The van der Waals surface area contributed by atoms with Crippen molar-refractivity contribution in [1.82, 2.24) is 0 Å². The topological polar surface area (TPSA) is 27.7 Å². The van der Waals surface area contributed by atoms with Crippen LogP contribution in [-0.2, 0) is 14.2 Å². The van der Waals surface area contributed by atoms with Gasteiger partial charge in [0.2, 0.25) is 0 Å². The summed E-state index contributed by atoms with van der Waals surface area (Å²) in [5.74, 6) is 0. The van der Waals surface area contributed by atoms with Gasteiger partial charge in [0.15, 0.2) is 0 Å². The highest BCUT2D eigenvalue weighted by molar-refractivity contribution is 6.11. The highest BCUT2D eigenvalue weighted by Crippen LogP contribution is 2.10. The van der Waals surface area contributed by atoms with Gasteiger partial charge in [-0.05, 0) is 6.42 Å². The monoisotopic (exact) mass is 172 g/mol. The average molecular weight is 172 g/mol. The van der Waals surface area contributed by atoms with Crippen molar-refractivity contribution < 1.29 is 14.2 Å². The summed E-state index contributed by atoms with van der Waals surface area (Å²) < 4.78 is 15.3. The first-order chi connectivity index (χ1) is 5.71. The van der Waals surface area contributed by atoms with Crippen LogP contribution in [0.4, 0.5) is 0 Å². The molecule has 0 fully saturated rings. The normalized spacial score (nSPS) is 18.7. The second-order valence-corrected chi connectivity index (χ2v) is 2.58. The molecule has 0 spiro atoms. The Kier molecular flexibility index (Phi) is 6.43. The van der Waals surface area contributed by atoms with Crippen LogP contribution in [0.2, 0.25) is 0 Å². The van der Waals surface area contributed by atoms with Gasteiger partial charge in [-0.3, -0.25) is 0 Å². The van der Waals surface area contributed by atoms with Crippen LogP contribution in [0.1, 0.15) is 13.3 Å². The Hall–Kier alpha value is -0.0551. The molecule has 2 radical (unpaired) electrons. The minimum absolute atomic E-state index is 0.00931. The zero-order valence-electron chi connectivity index (χ0n) is 8.24. The molecule has 0 aliphatic heterocycles. The lowest BCUT2D eigenvalue weighted by Gasteiger charge is -2.28. The molecule has 70 valence electrons. The zero-order valence-corrected chi connectivity index (χ0v) is 8.24. The zero-order chi connectivity index (χ0) is 9.56. The standard InChI is InChI=1S/C8H17BO3/c1-5-6(10-2)7(11-3)8(9)12-4/h6-8H,5H2,1-4H3. The van der Waals surface area contributed by atoms with Crippen molar-refractivity contribution in [2.45, 2.75) is 31.6 Å². The summed E-state index contributed by atoms with van der Waals surface area (Å²) in [5.41, 5.74) is 0. The smallest absolute Gasteiger partial charge is 0.112 e. The Labute approximate surface area is 75.8 Å². The lowest BCUT2D eigenvalue weighted by atomic mass is 9.90. The van der Waals surface area contributed by atoms with Crippen molar-refractivity contribution in [2.75, 3.05) is 21.3 Å². The van der Waals surface area contributed by atoms with Crippen LogP contribution in [-0.4, -0.2) is 47.4 Å². The van der Waals surface area contributed by atoms with Gasteiger partial charge in [0.05, 0.1) is 6.10 Å². The Morgan fingerprint density at radius 2 is 1.67 bits per heavy atom. The van der Waals surface area contributed by atoms with Crippen LogP contribution in [0.15, 0.2) is 0 Å². The van der Waals surface area contributed by atoms with Crippen LogP contribution < -0.4 is 0 Å². The first-order valence-electron chi connectivity index (χ1n) is 4.05. The van der Waals surface area contributed by atoms with Gasteiger partial charge in [-0.2, -0.15) is 0 Å². The van der Waals surface area contributed by atoms with E-state index < -0.39 is 6.00 Å². The molecule has 0 amide bonds. The van der Waals surface area contributed by atoms with Gasteiger partial charge >= 0.3 is 0 Å². The van der Waals surface area contributed by atoms with E-state index in [2.05, 4.69) is 0 Å². The molecule has 12 heavy (non-hydrogen) atoms. The van der Waals surface area contributed by atoms with Gasteiger partial charge in [0.25, 0.3) is 0 Å². The van der Waals surface area contributed by atoms with Crippen molar-refractivity contribution >= 4 is 7.85 Å². The van der Waals surface area contributed by atoms with E-state index >= 15 is 0 Å². The van der Waals surface area contributed by atoms with Gasteiger partial charge in [-0.15, -0.1) is 0 Å². The first kappa shape index (κ1) is 11.9. The minimum Gasteiger partial charge on any atom is -0.389 e. The fourth-order valence-electron chi connectivity index (χ4n) is 1.16. The second kappa shape index (κ2) is 6.46. The molecule has 0 bridgehead atoms. The predicted octanol–water partition coefficient (Wildman–Crippen LogP) is 0.567. The molecule has 3 nitrogen and oxygen atoms in total. The average Bonchev–Trinajstić information content (AvgIpc) is 2.12. The summed E-state index contributed by atoms with van der Waals surface area (Å²) in [6.07, 6.45) is 0.640. The van der Waals surface area contributed by atoms with Crippen molar-refractivity contribution in [3.63, 3.8) is 0 Å². The molecular formula is C8H17BO3. The van der Waals surface area contributed by atoms with E-state index in [1.165, 1.54) is 0 Å². The Balaban J connectivity index is 4.09. The Morgan fingerprint density at radius 3 is 1.92 bits per heavy atom. The summed E-state index contributed by atoms with van der Waals surface area (Å²) in [5, 5.41) is 0. The van der Waals surface area contributed by atoms with Gasteiger partial charge in [0, 0.05) is 27.3 Å². The van der Waals surface area contributed by atoms with Crippen molar-refractivity contribution in [1.29, 1.82) is 0 Å². The quantitative estimate of drug-likeness (QED) is 0.548. The molecule has 0 aromatic carbocycles. The maximum atomic E-state index is 5.65. The van der Waals surface area contributed by atoms with Crippen LogP contribution in [0, 0.1) is 0 Å². The van der Waals surface area contributed by atoms with Crippen LogP contribution in [0.3, 0.4) is 0 Å². The summed E-state index contributed by atoms with van der Waals surface area (Å²) in [6, 6.07) is -0.431. The minimum atomic E-state index is -0.431. The molecule has 0 heterocycles. The molecule has 0 aliphatic rings. The van der Waals surface area contributed by atoms with Crippen LogP contribution >= 0.6 is 0 Å². The first-order valence-corrected chi connectivity index (χ1v) is 4.05. The van der Waals surface area contributed by atoms with E-state index in [4.69, 9.17) is 22.1 Å². The van der Waals surface area contributed by atoms with E-state index in [1.54, 1.807) is 21.3 Å². The summed E-state index contributed by atoms with van der Waals surface area (Å²) >= 11 is 0. The number of hydrogen-bond acceptors (Lipinski definition) is 3. The second-order valence-electron chi connectivity index (χ2n) is 2.58. The van der Waals surface area contributed by atoms with Crippen LogP contribution in [0.25, 0.3) is 0 Å². The van der Waals surface area contributed by atoms with Crippen molar-refractivity contribution in [3.05, 3.63) is 0 Å². The summed E-state index contributed by atoms with van der Waals surface area (Å²) in [7, 11) is 10.5.